The molecule has 2 atom stereocenters. The molecule has 0 amide bonds. The predicted octanol–water partition coefficient (Wildman–Crippen LogP) is 2.78. The van der Waals surface area contributed by atoms with Crippen molar-refractivity contribution in [1.29, 1.82) is 0 Å². The average molecular weight is 261 g/mol. The summed E-state index contributed by atoms with van der Waals surface area (Å²) >= 11 is 0. The van der Waals surface area contributed by atoms with E-state index in [0.29, 0.717) is 5.41 Å². The summed E-state index contributed by atoms with van der Waals surface area (Å²) < 4.78 is 0. The first-order valence-electron chi connectivity index (χ1n) is 6.98. The van der Waals surface area contributed by atoms with Crippen LogP contribution in [0.1, 0.15) is 40.0 Å². The molecular formula is C14H29ClN2. The number of halogens is 1. The smallest absolute Gasteiger partial charge is 0.00330 e. The molecule has 0 spiro atoms. The SMILES string of the molecule is CC1CN(CC2CCCNC2)CC(C)(C)C1.Cl. The maximum Gasteiger partial charge on any atom is 0.00330 e. The lowest BCUT2D eigenvalue weighted by atomic mass is 9.79. The molecule has 2 rings (SSSR count). The Bertz CT molecular complexity index is 224. The highest BCUT2D eigenvalue weighted by Crippen LogP contribution is 2.32. The second-order valence-electron chi connectivity index (χ2n) is 6.88. The van der Waals surface area contributed by atoms with E-state index >= 15 is 0 Å². The van der Waals surface area contributed by atoms with Gasteiger partial charge in [0.1, 0.15) is 0 Å². The van der Waals surface area contributed by atoms with Crippen molar-refractivity contribution < 1.29 is 0 Å². The summed E-state index contributed by atoms with van der Waals surface area (Å²) in [5, 5.41) is 3.53. The lowest BCUT2D eigenvalue weighted by molar-refractivity contribution is 0.0636. The van der Waals surface area contributed by atoms with Gasteiger partial charge in [0.05, 0.1) is 0 Å². The molecule has 0 aromatic carbocycles. The fourth-order valence-corrected chi connectivity index (χ4v) is 3.77. The van der Waals surface area contributed by atoms with Crippen LogP contribution in [0.3, 0.4) is 0 Å². The molecule has 0 aromatic heterocycles. The Kier molecular flexibility index (Phi) is 5.75. The first kappa shape index (κ1) is 15.3. The van der Waals surface area contributed by atoms with Crippen molar-refractivity contribution in [1.82, 2.24) is 10.2 Å². The number of nitrogens with one attached hydrogen (secondary N) is 1. The summed E-state index contributed by atoms with van der Waals surface area (Å²) in [5.74, 6) is 1.77. The van der Waals surface area contributed by atoms with E-state index in [4.69, 9.17) is 0 Å². The Balaban J connectivity index is 0.00000144. The molecule has 1 N–H and O–H groups in total. The second-order valence-corrected chi connectivity index (χ2v) is 6.88. The molecule has 3 heteroatoms. The van der Waals surface area contributed by atoms with Gasteiger partial charge in [0, 0.05) is 19.6 Å². The highest BCUT2D eigenvalue weighted by atomic mass is 35.5. The van der Waals surface area contributed by atoms with Crippen molar-refractivity contribution in [2.45, 2.75) is 40.0 Å². The lowest BCUT2D eigenvalue weighted by Gasteiger charge is -2.43. The van der Waals surface area contributed by atoms with Crippen LogP contribution < -0.4 is 5.32 Å². The van der Waals surface area contributed by atoms with E-state index in [9.17, 15) is 0 Å². The Morgan fingerprint density at radius 3 is 2.71 bits per heavy atom. The number of likely N-dealkylation sites (tertiary alicyclic amines) is 1. The van der Waals surface area contributed by atoms with Crippen molar-refractivity contribution in [2.24, 2.45) is 17.3 Å². The van der Waals surface area contributed by atoms with Crippen LogP contribution in [0.25, 0.3) is 0 Å². The van der Waals surface area contributed by atoms with E-state index < -0.39 is 0 Å². The number of rotatable bonds is 2. The zero-order chi connectivity index (χ0) is 11.6. The number of nitrogens with zero attached hydrogens (tertiary/aromatic N) is 1. The topological polar surface area (TPSA) is 15.3 Å². The fourth-order valence-electron chi connectivity index (χ4n) is 3.77. The molecule has 17 heavy (non-hydrogen) atoms. The van der Waals surface area contributed by atoms with Crippen LogP contribution in [0.15, 0.2) is 0 Å². The maximum absolute atomic E-state index is 3.53. The Labute approximate surface area is 113 Å². The van der Waals surface area contributed by atoms with Crippen molar-refractivity contribution in [2.75, 3.05) is 32.7 Å². The molecule has 2 nitrogen and oxygen atoms in total. The fraction of sp³-hybridized carbons (Fsp3) is 1.00. The standard InChI is InChI=1S/C14H28N2.ClH/c1-12-7-14(2,3)11-16(9-12)10-13-5-4-6-15-8-13;/h12-13,15H,4-11H2,1-3H3;1H. The minimum atomic E-state index is 0. The van der Waals surface area contributed by atoms with Gasteiger partial charge in [-0.25, -0.2) is 0 Å². The van der Waals surface area contributed by atoms with Gasteiger partial charge in [-0.2, -0.15) is 0 Å². The van der Waals surface area contributed by atoms with Gasteiger partial charge in [0.25, 0.3) is 0 Å². The third-order valence-corrected chi connectivity index (χ3v) is 4.04. The van der Waals surface area contributed by atoms with E-state index in [-0.39, 0.29) is 12.4 Å². The zero-order valence-corrected chi connectivity index (χ0v) is 12.5. The van der Waals surface area contributed by atoms with Gasteiger partial charge in [0.2, 0.25) is 0 Å². The van der Waals surface area contributed by atoms with Gasteiger partial charge in [-0.05, 0) is 49.6 Å². The molecule has 0 bridgehead atoms. The van der Waals surface area contributed by atoms with Gasteiger partial charge in [-0.15, -0.1) is 12.4 Å². The Morgan fingerprint density at radius 1 is 1.35 bits per heavy atom. The van der Waals surface area contributed by atoms with Crippen LogP contribution in [0.5, 0.6) is 0 Å². The molecule has 0 saturated carbocycles. The summed E-state index contributed by atoms with van der Waals surface area (Å²) in [6.45, 7) is 13.7. The summed E-state index contributed by atoms with van der Waals surface area (Å²) in [6, 6.07) is 0. The minimum Gasteiger partial charge on any atom is -0.316 e. The summed E-state index contributed by atoms with van der Waals surface area (Å²) in [5.41, 5.74) is 0.528. The quantitative estimate of drug-likeness (QED) is 0.822. The van der Waals surface area contributed by atoms with Gasteiger partial charge in [-0.1, -0.05) is 20.8 Å². The normalized spacial score (nSPS) is 34.1. The average Bonchev–Trinajstić information content (AvgIpc) is 2.15. The minimum absolute atomic E-state index is 0. The summed E-state index contributed by atoms with van der Waals surface area (Å²) in [7, 11) is 0. The van der Waals surface area contributed by atoms with Crippen LogP contribution in [0.4, 0.5) is 0 Å². The molecule has 0 aromatic rings. The third-order valence-electron chi connectivity index (χ3n) is 4.04. The Morgan fingerprint density at radius 2 is 2.12 bits per heavy atom. The van der Waals surface area contributed by atoms with E-state index in [1.807, 2.05) is 0 Å². The van der Waals surface area contributed by atoms with Crippen molar-refractivity contribution >= 4 is 12.4 Å². The molecule has 2 aliphatic heterocycles. The van der Waals surface area contributed by atoms with Crippen LogP contribution in [0, 0.1) is 17.3 Å². The van der Waals surface area contributed by atoms with Crippen LogP contribution in [-0.4, -0.2) is 37.6 Å². The van der Waals surface area contributed by atoms with E-state index in [2.05, 4.69) is 31.0 Å². The van der Waals surface area contributed by atoms with Gasteiger partial charge in [-0.3, -0.25) is 0 Å². The predicted molar refractivity (Wildman–Crippen MR) is 76.8 cm³/mol. The molecule has 2 aliphatic rings. The van der Waals surface area contributed by atoms with Crippen molar-refractivity contribution in [3.8, 4) is 0 Å². The second kappa shape index (κ2) is 6.40. The molecule has 0 aliphatic carbocycles. The molecule has 0 radical (unpaired) electrons. The lowest BCUT2D eigenvalue weighted by Crippen LogP contribution is -2.47. The Hall–Kier alpha value is 0.210. The first-order valence-corrected chi connectivity index (χ1v) is 6.98. The van der Waals surface area contributed by atoms with Crippen LogP contribution >= 0.6 is 12.4 Å². The van der Waals surface area contributed by atoms with Gasteiger partial charge >= 0.3 is 0 Å². The zero-order valence-electron chi connectivity index (χ0n) is 11.7. The molecular weight excluding hydrogens is 232 g/mol. The van der Waals surface area contributed by atoms with Gasteiger partial charge < -0.3 is 10.2 Å². The summed E-state index contributed by atoms with van der Waals surface area (Å²) in [4.78, 5) is 2.71. The number of hydrogen-bond donors (Lipinski definition) is 1. The molecule has 102 valence electrons. The van der Waals surface area contributed by atoms with Crippen molar-refractivity contribution in [3.05, 3.63) is 0 Å². The van der Waals surface area contributed by atoms with E-state index in [0.717, 1.165) is 11.8 Å². The van der Waals surface area contributed by atoms with E-state index in [1.165, 1.54) is 52.0 Å². The monoisotopic (exact) mass is 260 g/mol. The highest BCUT2D eigenvalue weighted by molar-refractivity contribution is 5.85. The third kappa shape index (κ3) is 4.76. The van der Waals surface area contributed by atoms with Crippen molar-refractivity contribution in [3.63, 3.8) is 0 Å². The van der Waals surface area contributed by atoms with Crippen LogP contribution in [0.2, 0.25) is 0 Å². The molecule has 2 fully saturated rings. The molecule has 2 heterocycles. The highest BCUT2D eigenvalue weighted by Gasteiger charge is 2.31. The molecule has 2 saturated heterocycles. The number of hydrogen-bond acceptors (Lipinski definition) is 2. The largest absolute Gasteiger partial charge is 0.316 e. The summed E-state index contributed by atoms with van der Waals surface area (Å²) in [6.07, 6.45) is 4.20. The van der Waals surface area contributed by atoms with E-state index in [1.54, 1.807) is 0 Å². The van der Waals surface area contributed by atoms with Crippen LogP contribution in [-0.2, 0) is 0 Å². The van der Waals surface area contributed by atoms with Gasteiger partial charge in [0.15, 0.2) is 0 Å². The molecule has 2 unspecified atom stereocenters. The number of piperidine rings is 2. The maximum atomic E-state index is 3.53. The first-order chi connectivity index (χ1) is 7.55.